The quantitative estimate of drug-likeness (QED) is 0.211. The topological polar surface area (TPSA) is 99.3 Å². The number of rotatable bonds is 13. The molecule has 0 bridgehead atoms. The van der Waals surface area contributed by atoms with Crippen molar-refractivity contribution >= 4 is 35.8 Å². The monoisotopic (exact) mass is 415 g/mol. The van der Waals surface area contributed by atoms with E-state index in [1.54, 1.807) is 20.4 Å². The predicted molar refractivity (Wildman–Crippen MR) is 116 cm³/mol. The van der Waals surface area contributed by atoms with Crippen LogP contribution >= 0.6 is 11.8 Å². The van der Waals surface area contributed by atoms with Crippen molar-refractivity contribution in [3.63, 3.8) is 0 Å². The van der Waals surface area contributed by atoms with E-state index in [1.165, 1.54) is 21.6 Å². The van der Waals surface area contributed by atoms with Gasteiger partial charge in [-0.25, -0.2) is 0 Å². The van der Waals surface area contributed by atoms with Crippen LogP contribution in [-0.2, 0) is 14.4 Å². The fraction of sp³-hybridized carbons (Fsp3) is 0.789. The number of thioether (sulfide) groups is 1. The number of hydrogen-bond acceptors (Lipinski definition) is 5. The molecular formula is C19H37N5O3S. The number of nitrogens with zero attached hydrogens (tertiary/aromatic N) is 4. The average molecular weight is 416 g/mol. The zero-order valence-corrected chi connectivity index (χ0v) is 19.2. The Kier molecular flexibility index (Phi) is 12.6. The molecule has 0 heterocycles. The maximum absolute atomic E-state index is 13.1. The molecule has 0 radical (unpaired) electrons. The highest BCUT2D eigenvalue weighted by Crippen LogP contribution is 2.21. The fourth-order valence-electron chi connectivity index (χ4n) is 2.55. The molecule has 28 heavy (non-hydrogen) atoms. The summed E-state index contributed by atoms with van der Waals surface area (Å²) in [6.07, 6.45) is 3.26. The molecule has 0 aromatic carbocycles. The van der Waals surface area contributed by atoms with Crippen LogP contribution in [0.2, 0.25) is 0 Å². The summed E-state index contributed by atoms with van der Waals surface area (Å²) in [6, 6.07) is -0.697. The van der Waals surface area contributed by atoms with Crippen LogP contribution in [0.4, 0.5) is 0 Å². The van der Waals surface area contributed by atoms with E-state index in [1.807, 2.05) is 39.8 Å². The first-order valence-electron chi connectivity index (χ1n) is 9.62. The van der Waals surface area contributed by atoms with E-state index < -0.39 is 17.3 Å². The second-order valence-electron chi connectivity index (χ2n) is 7.46. The van der Waals surface area contributed by atoms with Crippen molar-refractivity contribution in [2.45, 2.75) is 51.4 Å². The standard InChI is InChI=1S/C19H37N5O3S/c1-8-9-16(25)24(7)19(28-11-10-21-13-22(4)5)18(27)23(6)15(17(20)26)12-14(2)3/h13-15,19H,8-12H2,1-7H3,(H2,20,26)/b21-13-/t15-,19+/m0/s1. The first-order chi connectivity index (χ1) is 13.0. The van der Waals surface area contributed by atoms with Crippen molar-refractivity contribution in [3.05, 3.63) is 0 Å². The first kappa shape index (κ1) is 26.2. The largest absolute Gasteiger partial charge is 0.369 e. The third kappa shape index (κ3) is 9.43. The van der Waals surface area contributed by atoms with E-state index in [9.17, 15) is 14.4 Å². The third-order valence-corrected chi connectivity index (χ3v) is 5.32. The SMILES string of the molecule is CCCC(=O)N(C)[C@H](SCC/N=C\N(C)C)C(=O)N(C)[C@@H](CC(C)C)C(N)=O. The number of amides is 3. The van der Waals surface area contributed by atoms with Gasteiger partial charge in [0.1, 0.15) is 6.04 Å². The molecule has 0 aliphatic carbocycles. The van der Waals surface area contributed by atoms with E-state index in [4.69, 9.17) is 5.73 Å². The second kappa shape index (κ2) is 13.4. The fourth-order valence-corrected chi connectivity index (χ4v) is 3.63. The molecule has 162 valence electrons. The summed E-state index contributed by atoms with van der Waals surface area (Å²) in [6.45, 7) is 6.39. The van der Waals surface area contributed by atoms with Crippen LogP contribution in [0.5, 0.6) is 0 Å². The smallest absolute Gasteiger partial charge is 0.256 e. The lowest BCUT2D eigenvalue weighted by Crippen LogP contribution is -2.53. The van der Waals surface area contributed by atoms with Crippen LogP contribution in [0, 0.1) is 5.92 Å². The van der Waals surface area contributed by atoms with Gasteiger partial charge < -0.3 is 20.4 Å². The average Bonchev–Trinajstić information content (AvgIpc) is 2.60. The minimum absolute atomic E-state index is 0.0990. The highest BCUT2D eigenvalue weighted by Gasteiger charge is 2.34. The third-order valence-electron chi connectivity index (χ3n) is 4.07. The van der Waals surface area contributed by atoms with Gasteiger partial charge in [0.05, 0.1) is 6.34 Å². The van der Waals surface area contributed by atoms with Gasteiger partial charge in [-0.1, -0.05) is 20.8 Å². The number of carbonyl (C=O) groups excluding carboxylic acids is 3. The van der Waals surface area contributed by atoms with Crippen molar-refractivity contribution in [1.82, 2.24) is 14.7 Å². The molecule has 0 saturated heterocycles. The molecule has 0 rings (SSSR count). The molecule has 0 unspecified atom stereocenters. The van der Waals surface area contributed by atoms with Gasteiger partial charge in [0.2, 0.25) is 11.8 Å². The molecule has 9 heteroatoms. The highest BCUT2D eigenvalue weighted by molar-refractivity contribution is 8.00. The van der Waals surface area contributed by atoms with Crippen LogP contribution in [0.25, 0.3) is 0 Å². The molecule has 8 nitrogen and oxygen atoms in total. The number of hydrogen-bond donors (Lipinski definition) is 1. The van der Waals surface area contributed by atoms with Crippen molar-refractivity contribution in [1.29, 1.82) is 0 Å². The maximum atomic E-state index is 13.1. The van der Waals surface area contributed by atoms with Gasteiger partial charge in [-0.05, 0) is 18.8 Å². The highest BCUT2D eigenvalue weighted by atomic mass is 32.2. The Labute approximate surface area is 173 Å². The van der Waals surface area contributed by atoms with Gasteiger partial charge in [-0.3, -0.25) is 19.4 Å². The number of aliphatic imine (C=N–C) groups is 1. The van der Waals surface area contributed by atoms with Gasteiger partial charge in [-0.2, -0.15) is 0 Å². The van der Waals surface area contributed by atoms with Crippen molar-refractivity contribution in [2.24, 2.45) is 16.6 Å². The molecular weight excluding hydrogens is 378 g/mol. The van der Waals surface area contributed by atoms with Gasteiger partial charge in [0.25, 0.3) is 5.91 Å². The molecule has 0 saturated carbocycles. The number of likely N-dealkylation sites (N-methyl/N-ethyl adjacent to an activating group) is 2. The Bertz CT molecular complexity index is 540. The molecule has 2 atom stereocenters. The molecule has 0 aromatic heterocycles. The Morgan fingerprint density at radius 2 is 1.71 bits per heavy atom. The lowest BCUT2D eigenvalue weighted by Gasteiger charge is -2.34. The first-order valence-corrected chi connectivity index (χ1v) is 10.7. The summed E-state index contributed by atoms with van der Waals surface area (Å²) in [5.41, 5.74) is 5.53. The van der Waals surface area contributed by atoms with Gasteiger partial charge in [0, 0.05) is 46.9 Å². The van der Waals surface area contributed by atoms with E-state index in [2.05, 4.69) is 4.99 Å². The van der Waals surface area contributed by atoms with Gasteiger partial charge in [0.15, 0.2) is 5.37 Å². The molecule has 0 aliphatic rings. The predicted octanol–water partition coefficient (Wildman–Crippen LogP) is 1.25. The normalized spacial score (nSPS) is 13.4. The molecule has 0 spiro atoms. The summed E-state index contributed by atoms with van der Waals surface area (Å²) >= 11 is 1.35. The molecule has 2 N–H and O–H groups in total. The lowest BCUT2D eigenvalue weighted by atomic mass is 10.0. The molecule has 0 aromatic rings. The number of carbonyl (C=O) groups is 3. The molecule has 0 fully saturated rings. The van der Waals surface area contributed by atoms with Crippen molar-refractivity contribution in [2.75, 3.05) is 40.5 Å². The Morgan fingerprint density at radius 3 is 2.18 bits per heavy atom. The second-order valence-corrected chi connectivity index (χ2v) is 8.65. The van der Waals surface area contributed by atoms with Crippen molar-refractivity contribution < 1.29 is 14.4 Å². The number of primary amides is 1. The van der Waals surface area contributed by atoms with Gasteiger partial charge in [-0.15, -0.1) is 11.8 Å². The summed E-state index contributed by atoms with van der Waals surface area (Å²) in [4.78, 5) is 46.4. The minimum atomic E-state index is -0.715. The summed E-state index contributed by atoms with van der Waals surface area (Å²) in [5.74, 6) is -0.148. The van der Waals surface area contributed by atoms with E-state index in [-0.39, 0.29) is 17.7 Å². The van der Waals surface area contributed by atoms with Crippen LogP contribution in [0.15, 0.2) is 4.99 Å². The van der Waals surface area contributed by atoms with Crippen LogP contribution in [-0.4, -0.2) is 90.7 Å². The van der Waals surface area contributed by atoms with Crippen LogP contribution in [0.3, 0.4) is 0 Å². The van der Waals surface area contributed by atoms with Crippen LogP contribution < -0.4 is 5.73 Å². The lowest BCUT2D eigenvalue weighted by molar-refractivity contribution is -0.144. The molecule has 3 amide bonds. The van der Waals surface area contributed by atoms with Crippen molar-refractivity contribution in [3.8, 4) is 0 Å². The number of nitrogens with two attached hydrogens (primary N) is 1. The maximum Gasteiger partial charge on any atom is 0.256 e. The van der Waals surface area contributed by atoms with Gasteiger partial charge >= 0.3 is 0 Å². The Balaban J connectivity index is 5.35. The zero-order chi connectivity index (χ0) is 21.9. The summed E-state index contributed by atoms with van der Waals surface area (Å²) < 4.78 is 0. The summed E-state index contributed by atoms with van der Waals surface area (Å²) in [5, 5.41) is -0.715. The Morgan fingerprint density at radius 1 is 1.11 bits per heavy atom. The zero-order valence-electron chi connectivity index (χ0n) is 18.3. The molecule has 0 aliphatic heterocycles. The van der Waals surface area contributed by atoms with E-state index >= 15 is 0 Å². The van der Waals surface area contributed by atoms with E-state index in [0.29, 0.717) is 31.6 Å². The van der Waals surface area contributed by atoms with E-state index in [0.717, 1.165) is 0 Å². The van der Waals surface area contributed by atoms with Crippen LogP contribution in [0.1, 0.15) is 40.0 Å². The Hall–Kier alpha value is -1.77. The summed E-state index contributed by atoms with van der Waals surface area (Å²) in [7, 11) is 6.98. The minimum Gasteiger partial charge on any atom is -0.369 e.